The van der Waals surface area contributed by atoms with Crippen molar-refractivity contribution in [3.05, 3.63) is 0 Å². The van der Waals surface area contributed by atoms with Gasteiger partial charge in [0.2, 0.25) is 0 Å². The standard InChI is InChI=1S/C9H14O3.C9H20/c1-7(10)3-5-9(12)6-4-8(2)11;1-3-5-7-9-8-6-4-2/h3-6H2,1-2H3;3-9H2,1-2H3. The lowest BCUT2D eigenvalue weighted by Crippen LogP contribution is -2.03. The number of ketones is 3. The van der Waals surface area contributed by atoms with Gasteiger partial charge in [0.15, 0.2) is 0 Å². The van der Waals surface area contributed by atoms with Crippen molar-refractivity contribution in [1.82, 2.24) is 0 Å². The Hall–Kier alpha value is -0.990. The van der Waals surface area contributed by atoms with E-state index in [-0.39, 0.29) is 30.2 Å². The van der Waals surface area contributed by atoms with E-state index in [2.05, 4.69) is 13.8 Å². The molecule has 0 aliphatic carbocycles. The summed E-state index contributed by atoms with van der Waals surface area (Å²) in [5, 5.41) is 0. The van der Waals surface area contributed by atoms with Gasteiger partial charge in [0.25, 0.3) is 0 Å². The number of Topliss-reactive ketones (excluding diaryl/α,β-unsaturated/α-hetero) is 3. The first-order valence-electron chi connectivity index (χ1n) is 8.44. The molecule has 0 radical (unpaired) electrons. The summed E-state index contributed by atoms with van der Waals surface area (Å²) in [4.78, 5) is 31.9. The molecule has 0 heterocycles. The first-order valence-corrected chi connectivity index (χ1v) is 8.44. The van der Waals surface area contributed by atoms with Crippen molar-refractivity contribution in [3.63, 3.8) is 0 Å². The third kappa shape index (κ3) is 24.4. The normalized spacial score (nSPS) is 9.71. The Labute approximate surface area is 130 Å². The molecule has 0 spiro atoms. The second-order valence-electron chi connectivity index (χ2n) is 5.71. The number of hydrogen-bond acceptors (Lipinski definition) is 3. The smallest absolute Gasteiger partial charge is 0.133 e. The number of carbonyl (C=O) groups is 3. The molecule has 0 aliphatic heterocycles. The van der Waals surface area contributed by atoms with Crippen LogP contribution in [0.25, 0.3) is 0 Å². The zero-order valence-electron chi connectivity index (χ0n) is 14.5. The van der Waals surface area contributed by atoms with Crippen LogP contribution in [0.1, 0.15) is 98.3 Å². The van der Waals surface area contributed by atoms with Gasteiger partial charge in [-0.2, -0.15) is 0 Å². The molecule has 3 nitrogen and oxygen atoms in total. The van der Waals surface area contributed by atoms with Crippen molar-refractivity contribution in [2.24, 2.45) is 0 Å². The summed E-state index contributed by atoms with van der Waals surface area (Å²) >= 11 is 0. The van der Waals surface area contributed by atoms with Crippen LogP contribution in [0.4, 0.5) is 0 Å². The number of rotatable bonds is 12. The highest BCUT2D eigenvalue weighted by Gasteiger charge is 2.04. The summed E-state index contributed by atoms with van der Waals surface area (Å²) in [6, 6.07) is 0. The summed E-state index contributed by atoms with van der Waals surface area (Å²) in [5.74, 6) is 0.0396. The SMILES string of the molecule is CC(=O)CCC(=O)CCC(C)=O.CCCCCCCCC. The number of carbonyl (C=O) groups excluding carboxylic acids is 3. The summed E-state index contributed by atoms with van der Waals surface area (Å²) in [6.45, 7) is 7.44. The topological polar surface area (TPSA) is 51.2 Å². The van der Waals surface area contributed by atoms with Crippen molar-refractivity contribution < 1.29 is 14.4 Å². The lowest BCUT2D eigenvalue weighted by molar-refractivity contribution is -0.125. The molecule has 0 atom stereocenters. The number of unbranched alkanes of at least 4 members (excludes halogenated alkanes) is 6. The predicted molar refractivity (Wildman–Crippen MR) is 88.5 cm³/mol. The van der Waals surface area contributed by atoms with Crippen LogP contribution in [0, 0.1) is 0 Å². The van der Waals surface area contributed by atoms with Crippen LogP contribution in [0.5, 0.6) is 0 Å². The van der Waals surface area contributed by atoms with Crippen molar-refractivity contribution in [2.75, 3.05) is 0 Å². The molecule has 3 heteroatoms. The Morgan fingerprint density at radius 3 is 1.19 bits per heavy atom. The molecule has 124 valence electrons. The molecule has 0 aromatic carbocycles. The van der Waals surface area contributed by atoms with Crippen molar-refractivity contribution in [3.8, 4) is 0 Å². The van der Waals surface area contributed by atoms with Crippen molar-refractivity contribution in [1.29, 1.82) is 0 Å². The van der Waals surface area contributed by atoms with E-state index in [4.69, 9.17) is 0 Å². The van der Waals surface area contributed by atoms with Gasteiger partial charge in [-0.3, -0.25) is 4.79 Å². The quantitative estimate of drug-likeness (QED) is 0.474. The Morgan fingerprint density at radius 2 is 0.905 bits per heavy atom. The fourth-order valence-corrected chi connectivity index (χ4v) is 1.79. The van der Waals surface area contributed by atoms with E-state index >= 15 is 0 Å². The molecule has 0 aromatic rings. The van der Waals surface area contributed by atoms with Crippen molar-refractivity contribution in [2.45, 2.75) is 98.3 Å². The van der Waals surface area contributed by atoms with Gasteiger partial charge in [0, 0.05) is 25.7 Å². The largest absolute Gasteiger partial charge is 0.300 e. The van der Waals surface area contributed by atoms with E-state index in [1.807, 2.05) is 0 Å². The fraction of sp³-hybridized carbons (Fsp3) is 0.833. The lowest BCUT2D eigenvalue weighted by atomic mass is 10.1. The van der Waals surface area contributed by atoms with E-state index in [0.29, 0.717) is 12.8 Å². The third-order valence-corrected chi connectivity index (χ3v) is 3.22. The maximum absolute atomic E-state index is 10.9. The van der Waals surface area contributed by atoms with E-state index in [1.54, 1.807) is 0 Å². The number of hydrogen-bond donors (Lipinski definition) is 0. The van der Waals surface area contributed by atoms with Gasteiger partial charge in [-0.25, -0.2) is 0 Å². The highest BCUT2D eigenvalue weighted by molar-refractivity contribution is 5.87. The highest BCUT2D eigenvalue weighted by atomic mass is 16.1. The van der Waals surface area contributed by atoms with Gasteiger partial charge < -0.3 is 9.59 Å². The Balaban J connectivity index is 0. The van der Waals surface area contributed by atoms with E-state index in [9.17, 15) is 14.4 Å². The average Bonchev–Trinajstić information content (AvgIpc) is 2.43. The molecule has 0 saturated heterocycles. The molecule has 0 rings (SSSR count). The minimum absolute atomic E-state index is 0.000370. The molecule has 0 bridgehead atoms. The Morgan fingerprint density at radius 1 is 0.571 bits per heavy atom. The van der Waals surface area contributed by atoms with Crippen LogP contribution >= 0.6 is 0 Å². The average molecular weight is 298 g/mol. The summed E-state index contributed by atoms with van der Waals surface area (Å²) < 4.78 is 0. The van der Waals surface area contributed by atoms with Crippen LogP contribution in [0.3, 0.4) is 0 Å². The minimum atomic E-state index is 0.000370. The molecule has 0 amide bonds. The first kappa shape index (κ1) is 22.3. The summed E-state index contributed by atoms with van der Waals surface area (Å²) in [6.07, 6.45) is 11.1. The van der Waals surface area contributed by atoms with Gasteiger partial charge in [0.05, 0.1) is 0 Å². The van der Waals surface area contributed by atoms with Gasteiger partial charge in [-0.1, -0.05) is 58.8 Å². The third-order valence-electron chi connectivity index (χ3n) is 3.22. The monoisotopic (exact) mass is 298 g/mol. The minimum Gasteiger partial charge on any atom is -0.300 e. The second kappa shape index (κ2) is 17.1. The zero-order chi connectivity index (χ0) is 16.5. The molecule has 21 heavy (non-hydrogen) atoms. The van der Waals surface area contributed by atoms with Crippen LogP contribution < -0.4 is 0 Å². The van der Waals surface area contributed by atoms with E-state index in [1.165, 1.54) is 58.8 Å². The van der Waals surface area contributed by atoms with E-state index < -0.39 is 0 Å². The molecule has 0 unspecified atom stereocenters. The lowest BCUT2D eigenvalue weighted by Gasteiger charge is -1.96. The maximum atomic E-state index is 10.9. The summed E-state index contributed by atoms with van der Waals surface area (Å²) in [7, 11) is 0. The maximum Gasteiger partial charge on any atom is 0.133 e. The highest BCUT2D eigenvalue weighted by Crippen LogP contribution is 2.05. The molecule has 0 aliphatic rings. The Kier molecular flexibility index (Phi) is 18.1. The zero-order valence-corrected chi connectivity index (χ0v) is 14.5. The van der Waals surface area contributed by atoms with Gasteiger partial charge >= 0.3 is 0 Å². The Bertz CT molecular complexity index is 256. The van der Waals surface area contributed by atoms with Crippen LogP contribution in [0.2, 0.25) is 0 Å². The van der Waals surface area contributed by atoms with Crippen molar-refractivity contribution >= 4 is 17.3 Å². The molecule has 0 N–H and O–H groups in total. The van der Waals surface area contributed by atoms with Crippen LogP contribution in [-0.4, -0.2) is 17.3 Å². The molecule has 0 fully saturated rings. The molecular weight excluding hydrogens is 264 g/mol. The van der Waals surface area contributed by atoms with Gasteiger partial charge in [-0.05, 0) is 13.8 Å². The van der Waals surface area contributed by atoms with Crippen LogP contribution in [-0.2, 0) is 14.4 Å². The second-order valence-corrected chi connectivity index (χ2v) is 5.71. The molecule has 0 saturated carbocycles. The predicted octanol–water partition coefficient (Wildman–Crippen LogP) is 5.05. The molecular formula is C18H34O3. The van der Waals surface area contributed by atoms with Gasteiger partial charge in [-0.15, -0.1) is 0 Å². The van der Waals surface area contributed by atoms with E-state index in [0.717, 1.165) is 0 Å². The first-order chi connectivity index (χ1) is 9.93. The summed E-state index contributed by atoms with van der Waals surface area (Å²) in [5.41, 5.74) is 0. The molecule has 0 aromatic heterocycles. The van der Waals surface area contributed by atoms with Gasteiger partial charge in [0.1, 0.15) is 17.3 Å². The fourth-order valence-electron chi connectivity index (χ4n) is 1.79. The van der Waals surface area contributed by atoms with Crippen LogP contribution in [0.15, 0.2) is 0 Å².